The summed E-state index contributed by atoms with van der Waals surface area (Å²) in [7, 11) is 0. The van der Waals surface area contributed by atoms with Crippen LogP contribution in [0.2, 0.25) is 0 Å². The normalized spacial score (nSPS) is 15.9. The predicted octanol–water partition coefficient (Wildman–Crippen LogP) is 3.70. The fourth-order valence-electron chi connectivity index (χ4n) is 4.00. The summed E-state index contributed by atoms with van der Waals surface area (Å²) in [4.78, 5) is 14.6. The summed E-state index contributed by atoms with van der Waals surface area (Å²) in [6.07, 6.45) is 0. The van der Waals surface area contributed by atoms with Gasteiger partial charge in [0.15, 0.2) is 0 Å². The van der Waals surface area contributed by atoms with E-state index in [1.807, 2.05) is 44.2 Å². The van der Waals surface area contributed by atoms with Gasteiger partial charge in [-0.05, 0) is 48.7 Å². The third-order valence-corrected chi connectivity index (χ3v) is 5.56. The molecule has 6 nitrogen and oxygen atoms in total. The molecule has 0 bridgehead atoms. The van der Waals surface area contributed by atoms with E-state index < -0.39 is 6.04 Å². The van der Waals surface area contributed by atoms with Gasteiger partial charge < -0.3 is 15.1 Å². The van der Waals surface area contributed by atoms with E-state index in [1.54, 1.807) is 11.0 Å². The van der Waals surface area contributed by atoms with Crippen LogP contribution in [0.15, 0.2) is 40.9 Å². The number of H-pyrrole nitrogens is 1. The van der Waals surface area contributed by atoms with Gasteiger partial charge in [0.1, 0.15) is 17.1 Å². The molecule has 0 spiro atoms. The Kier molecular flexibility index (Phi) is 4.72. The number of fused-ring (bicyclic) bond motifs is 1. The molecule has 1 atom stereocenters. The molecule has 0 unspecified atom stereocenters. The molecule has 2 heterocycles. The number of β-amino-alcohol motifs (C(OH)–C–C–N with tert-alkyl or cyclic N) is 1. The highest BCUT2D eigenvalue weighted by Crippen LogP contribution is 2.45. The van der Waals surface area contributed by atoms with Crippen LogP contribution in [0, 0.1) is 13.8 Å². The van der Waals surface area contributed by atoms with E-state index >= 15 is 0 Å². The Morgan fingerprint density at radius 2 is 2.04 bits per heavy atom. The fourth-order valence-corrected chi connectivity index (χ4v) is 4.42. The van der Waals surface area contributed by atoms with Crippen molar-refractivity contribution in [3.63, 3.8) is 0 Å². The van der Waals surface area contributed by atoms with Gasteiger partial charge in [-0.3, -0.25) is 9.89 Å². The smallest absolute Gasteiger partial charge is 0.273 e. The summed E-state index contributed by atoms with van der Waals surface area (Å²) in [5.41, 5.74) is 5.03. The van der Waals surface area contributed by atoms with E-state index in [4.69, 9.17) is 0 Å². The number of phenolic OH excluding ortho intramolecular Hbond substituents is 1. The first kappa shape index (κ1) is 18.7. The maximum atomic E-state index is 13.0. The number of aryl methyl sites for hydroxylation is 2. The lowest BCUT2D eigenvalue weighted by molar-refractivity contribution is 0.0706. The van der Waals surface area contributed by atoms with Crippen molar-refractivity contribution in [2.45, 2.75) is 19.9 Å². The summed E-state index contributed by atoms with van der Waals surface area (Å²) in [5.74, 6) is -0.0788. The molecular weight excluding hydrogens is 422 g/mol. The van der Waals surface area contributed by atoms with Crippen LogP contribution in [0.3, 0.4) is 0 Å². The number of hydrogen-bond donors (Lipinski definition) is 3. The molecule has 1 aliphatic rings. The van der Waals surface area contributed by atoms with E-state index in [9.17, 15) is 15.0 Å². The van der Waals surface area contributed by atoms with Crippen LogP contribution >= 0.6 is 15.9 Å². The molecule has 1 aromatic heterocycles. The van der Waals surface area contributed by atoms with Gasteiger partial charge in [-0.25, -0.2) is 0 Å². The monoisotopic (exact) mass is 441 g/mol. The summed E-state index contributed by atoms with van der Waals surface area (Å²) >= 11 is 3.49. The van der Waals surface area contributed by atoms with Crippen LogP contribution in [-0.4, -0.2) is 44.4 Å². The molecular formula is C21H20BrN3O3. The first-order valence-electron chi connectivity index (χ1n) is 8.98. The number of carbonyl (C=O) groups excluding carboxylic acids is 1. The number of halogens is 1. The second-order valence-corrected chi connectivity index (χ2v) is 7.93. The number of amides is 1. The van der Waals surface area contributed by atoms with E-state index in [0.29, 0.717) is 17.0 Å². The summed E-state index contributed by atoms with van der Waals surface area (Å²) in [5, 5.41) is 27.4. The number of nitrogens with one attached hydrogen (secondary N) is 1. The van der Waals surface area contributed by atoms with Crippen molar-refractivity contribution in [2.24, 2.45) is 0 Å². The second-order valence-electron chi connectivity index (χ2n) is 7.02. The zero-order valence-electron chi connectivity index (χ0n) is 15.5. The molecule has 0 fully saturated rings. The highest BCUT2D eigenvalue weighted by Gasteiger charge is 2.42. The maximum Gasteiger partial charge on any atom is 0.273 e. The molecule has 3 N–H and O–H groups in total. The van der Waals surface area contributed by atoms with Crippen LogP contribution in [-0.2, 0) is 0 Å². The quantitative estimate of drug-likeness (QED) is 0.575. The minimum absolute atomic E-state index is 0.132. The Hall–Kier alpha value is -2.64. The molecule has 0 aliphatic carbocycles. The summed E-state index contributed by atoms with van der Waals surface area (Å²) < 4.78 is 0.897. The summed E-state index contributed by atoms with van der Waals surface area (Å²) in [6.45, 7) is 3.90. The molecule has 1 aliphatic heterocycles. The third-order valence-electron chi connectivity index (χ3n) is 5.06. The Balaban J connectivity index is 1.96. The number of aliphatic hydroxyl groups is 1. The van der Waals surface area contributed by atoms with E-state index in [2.05, 4.69) is 26.1 Å². The predicted molar refractivity (Wildman–Crippen MR) is 109 cm³/mol. The van der Waals surface area contributed by atoms with E-state index in [1.165, 1.54) is 0 Å². The average molecular weight is 442 g/mol. The summed E-state index contributed by atoms with van der Waals surface area (Å²) in [6, 6.07) is 11.0. The minimum atomic E-state index is -0.402. The van der Waals surface area contributed by atoms with Crippen molar-refractivity contribution >= 4 is 21.8 Å². The SMILES string of the molecule is Cc1cc(C)c(-c2n[nH]c3c2[C@@H](c2cccc(Br)c2)N(CCO)C3=O)c(O)c1. The van der Waals surface area contributed by atoms with Crippen LogP contribution in [0.4, 0.5) is 0 Å². The number of aromatic hydroxyl groups is 1. The van der Waals surface area contributed by atoms with Crippen LogP contribution in [0.1, 0.15) is 38.8 Å². The van der Waals surface area contributed by atoms with E-state index in [0.717, 1.165) is 26.7 Å². The Bertz CT molecular complexity index is 1050. The van der Waals surface area contributed by atoms with Gasteiger partial charge in [0.2, 0.25) is 0 Å². The van der Waals surface area contributed by atoms with Crippen molar-refractivity contribution in [1.29, 1.82) is 0 Å². The molecule has 0 saturated heterocycles. The third kappa shape index (κ3) is 2.91. The second kappa shape index (κ2) is 7.07. The molecule has 0 radical (unpaired) electrons. The van der Waals surface area contributed by atoms with Gasteiger partial charge in [-0.2, -0.15) is 5.10 Å². The Labute approximate surface area is 171 Å². The highest BCUT2D eigenvalue weighted by molar-refractivity contribution is 9.10. The first-order valence-corrected chi connectivity index (χ1v) is 9.77. The number of aromatic amines is 1. The molecule has 2 aromatic carbocycles. The largest absolute Gasteiger partial charge is 0.507 e. The topological polar surface area (TPSA) is 89.5 Å². The lowest BCUT2D eigenvalue weighted by atomic mass is 9.93. The molecule has 144 valence electrons. The van der Waals surface area contributed by atoms with Gasteiger partial charge in [0.05, 0.1) is 12.6 Å². The number of benzene rings is 2. The number of aliphatic hydroxyl groups excluding tert-OH is 1. The average Bonchev–Trinajstić information content (AvgIpc) is 3.15. The Morgan fingerprint density at radius 1 is 1.25 bits per heavy atom. The molecule has 3 aromatic rings. The standard InChI is InChI=1S/C21H20BrN3O3/c1-11-8-12(2)16(15(27)9-11)18-17-19(24-23-18)21(28)25(6-7-26)20(17)13-4-3-5-14(22)10-13/h3-5,8-10,20,26-27H,6-7H2,1-2H3,(H,23,24)/t20-/m1/s1. The van der Waals surface area contributed by atoms with Crippen molar-refractivity contribution in [1.82, 2.24) is 15.1 Å². The van der Waals surface area contributed by atoms with E-state index in [-0.39, 0.29) is 24.8 Å². The van der Waals surface area contributed by atoms with Crippen molar-refractivity contribution < 1.29 is 15.0 Å². The fraction of sp³-hybridized carbons (Fsp3) is 0.238. The minimum Gasteiger partial charge on any atom is -0.507 e. The zero-order chi connectivity index (χ0) is 20.0. The van der Waals surface area contributed by atoms with Gasteiger partial charge >= 0.3 is 0 Å². The molecule has 4 rings (SSSR count). The van der Waals surface area contributed by atoms with Crippen LogP contribution < -0.4 is 0 Å². The number of hydrogen-bond acceptors (Lipinski definition) is 4. The Morgan fingerprint density at radius 3 is 2.71 bits per heavy atom. The van der Waals surface area contributed by atoms with Gasteiger partial charge in [-0.15, -0.1) is 0 Å². The lowest BCUT2D eigenvalue weighted by Gasteiger charge is -2.26. The lowest BCUT2D eigenvalue weighted by Crippen LogP contribution is -2.32. The first-order chi connectivity index (χ1) is 13.4. The zero-order valence-corrected chi connectivity index (χ0v) is 17.1. The van der Waals surface area contributed by atoms with Crippen molar-refractivity contribution in [3.8, 4) is 17.0 Å². The molecule has 28 heavy (non-hydrogen) atoms. The number of rotatable bonds is 4. The maximum absolute atomic E-state index is 13.0. The van der Waals surface area contributed by atoms with Gasteiger partial charge in [0, 0.05) is 22.1 Å². The number of phenols is 1. The van der Waals surface area contributed by atoms with Crippen LogP contribution in [0.25, 0.3) is 11.3 Å². The number of carbonyl (C=O) groups is 1. The molecule has 7 heteroatoms. The van der Waals surface area contributed by atoms with Gasteiger partial charge in [-0.1, -0.05) is 34.1 Å². The van der Waals surface area contributed by atoms with Crippen LogP contribution in [0.5, 0.6) is 5.75 Å². The van der Waals surface area contributed by atoms with Crippen molar-refractivity contribution in [2.75, 3.05) is 13.2 Å². The molecule has 1 amide bonds. The van der Waals surface area contributed by atoms with Crippen molar-refractivity contribution in [3.05, 3.63) is 68.8 Å². The van der Waals surface area contributed by atoms with Gasteiger partial charge in [0.25, 0.3) is 5.91 Å². The highest BCUT2D eigenvalue weighted by atomic mass is 79.9. The number of nitrogens with zero attached hydrogens (tertiary/aromatic N) is 2. The number of aromatic nitrogens is 2. The molecule has 0 saturated carbocycles.